The fraction of sp³-hybridized carbons (Fsp3) is 0.246. The number of aliphatic imine (C=N–C) groups is 1. The lowest BCUT2D eigenvalue weighted by atomic mass is 9.77. The Balaban J connectivity index is 1.07. The first-order chi connectivity index (χ1) is 32.7. The van der Waals surface area contributed by atoms with Gasteiger partial charge in [-0.15, -0.1) is 0 Å². The van der Waals surface area contributed by atoms with E-state index >= 15 is 0 Å². The minimum absolute atomic E-state index is 0.414. The van der Waals surface area contributed by atoms with Crippen molar-refractivity contribution in [3.63, 3.8) is 0 Å². The van der Waals surface area contributed by atoms with Crippen LogP contribution in [0, 0.1) is 47.5 Å². The average Bonchev–Trinajstić information content (AvgIpc) is 3.78. The van der Waals surface area contributed by atoms with Gasteiger partial charge in [-0.2, -0.15) is 0 Å². The fourth-order valence-electron chi connectivity index (χ4n) is 11.6. The molecule has 2 aliphatic carbocycles. The zero-order valence-electron chi connectivity index (χ0n) is 42.1. The van der Waals surface area contributed by atoms with Crippen molar-refractivity contribution in [1.29, 1.82) is 0 Å². The number of hydrogen-bond acceptors (Lipinski definition) is 1. The van der Waals surface area contributed by atoms with Crippen LogP contribution < -0.4 is 0 Å². The molecule has 2 unspecified atom stereocenters. The average molecular weight is 885 g/mol. The third-order valence-corrected chi connectivity index (χ3v) is 14.5. The molecule has 2 radical (unpaired) electrons. The molecule has 0 saturated carbocycles. The van der Waals surface area contributed by atoms with Crippen molar-refractivity contribution in [3.8, 4) is 22.4 Å². The molecule has 0 saturated heterocycles. The topological polar surface area (TPSA) is 17.3 Å². The quantitative estimate of drug-likeness (QED) is 0.122. The lowest BCUT2D eigenvalue weighted by Gasteiger charge is -2.27. The molecule has 0 spiro atoms. The van der Waals surface area contributed by atoms with Crippen molar-refractivity contribution in [1.82, 2.24) is 4.48 Å². The van der Waals surface area contributed by atoms with Crippen LogP contribution in [0.4, 0.5) is 0 Å². The van der Waals surface area contributed by atoms with Gasteiger partial charge in [0.05, 0.1) is 11.4 Å². The first-order valence-electron chi connectivity index (χ1n) is 24.7. The van der Waals surface area contributed by atoms with E-state index in [2.05, 4.69) is 222 Å². The highest BCUT2D eigenvalue weighted by molar-refractivity contribution is 6.17. The maximum atomic E-state index is 7.38. The highest BCUT2D eigenvalue weighted by Gasteiger charge is 2.27. The number of aromatic nitrogens is 1. The first-order valence-corrected chi connectivity index (χ1v) is 24.7. The van der Waals surface area contributed by atoms with E-state index < -0.39 is 0 Å². The summed E-state index contributed by atoms with van der Waals surface area (Å²) in [5, 5.41) is 0. The minimum Gasteiger partial charge on any atom is -0.397 e. The molecule has 0 bridgehead atoms. The molecule has 1 aliphatic heterocycles. The minimum atomic E-state index is 0.414. The second-order valence-electron chi connectivity index (χ2n) is 19.8. The molecule has 0 fully saturated rings. The number of allylic oxidation sites excluding steroid dienone is 12. The van der Waals surface area contributed by atoms with Crippen LogP contribution in [0.2, 0.25) is 0 Å². The second kappa shape index (κ2) is 19.1. The van der Waals surface area contributed by atoms with E-state index in [1.54, 1.807) is 0 Å². The Hall–Kier alpha value is -6.71. The predicted octanol–water partition coefficient (Wildman–Crippen LogP) is 16.8. The molecule has 9 rings (SSSR count). The third kappa shape index (κ3) is 8.92. The summed E-state index contributed by atoms with van der Waals surface area (Å²) in [5.74, 6) is 0.895. The largest absolute Gasteiger partial charge is 0.397 e. The summed E-state index contributed by atoms with van der Waals surface area (Å²) in [5.41, 5.74) is 30.2. The van der Waals surface area contributed by atoms with Gasteiger partial charge in [-0.05, 0) is 176 Å². The first kappa shape index (κ1) is 46.4. The zero-order chi connectivity index (χ0) is 48.0. The van der Waals surface area contributed by atoms with E-state index in [4.69, 9.17) is 13.0 Å². The Labute approximate surface area is 408 Å². The molecule has 6 aromatic rings. The van der Waals surface area contributed by atoms with Gasteiger partial charge in [0.2, 0.25) is 7.98 Å². The van der Waals surface area contributed by atoms with Gasteiger partial charge in [-0.1, -0.05) is 177 Å². The van der Waals surface area contributed by atoms with Gasteiger partial charge in [0.25, 0.3) is 0 Å². The number of rotatable bonds is 10. The zero-order valence-corrected chi connectivity index (χ0v) is 42.1. The van der Waals surface area contributed by atoms with Crippen LogP contribution in [0.3, 0.4) is 0 Å². The highest BCUT2D eigenvalue weighted by atomic mass is 14.9. The highest BCUT2D eigenvalue weighted by Crippen LogP contribution is 2.42. The second-order valence-corrected chi connectivity index (χ2v) is 19.8. The smallest absolute Gasteiger partial charge is 0.234 e. The SMILES string of the molecule is [B]n1c(/C(=C2/C=C(CC)C(c3ccc(C4=CC=C(c5c(C)cc(C)cc5C)C=CC4)cc3)=N2)c2c(C)cc(C)cc2C)cc(CC)c1-c1ccc(-c2ccc(C3C(C)=CC(C)=CC3C)cc2)cc1. The van der Waals surface area contributed by atoms with Crippen molar-refractivity contribution in [2.75, 3.05) is 0 Å². The molecule has 3 aliphatic rings. The Morgan fingerprint density at radius 2 is 1.22 bits per heavy atom. The van der Waals surface area contributed by atoms with Crippen LogP contribution in [0.1, 0.15) is 126 Å². The number of nitrogens with zero attached hydrogens (tertiary/aromatic N) is 2. The fourth-order valence-corrected chi connectivity index (χ4v) is 11.6. The Bertz CT molecular complexity index is 3170. The van der Waals surface area contributed by atoms with Crippen LogP contribution in [0.5, 0.6) is 0 Å². The molecule has 2 nitrogen and oxygen atoms in total. The number of aryl methyl sites for hydroxylation is 7. The van der Waals surface area contributed by atoms with Crippen molar-refractivity contribution in [2.45, 2.75) is 101 Å². The lowest BCUT2D eigenvalue weighted by Crippen LogP contribution is -2.13. The molecule has 0 N–H and O–H groups in total. The molecule has 338 valence electrons. The molecule has 5 aromatic carbocycles. The van der Waals surface area contributed by atoms with Crippen LogP contribution in [-0.4, -0.2) is 18.2 Å². The molecule has 1 aromatic heterocycles. The van der Waals surface area contributed by atoms with Crippen LogP contribution in [0.25, 0.3) is 39.1 Å². The van der Waals surface area contributed by atoms with Crippen LogP contribution in [-0.2, 0) is 6.42 Å². The molecule has 2 heterocycles. The normalized spacial score (nSPS) is 17.8. The molecule has 2 atom stereocenters. The van der Waals surface area contributed by atoms with E-state index in [-0.39, 0.29) is 0 Å². The van der Waals surface area contributed by atoms with Crippen molar-refractivity contribution in [3.05, 3.63) is 241 Å². The monoisotopic (exact) mass is 885 g/mol. The van der Waals surface area contributed by atoms with Gasteiger partial charge in [-0.25, -0.2) is 4.99 Å². The molecular weight excluding hydrogens is 820 g/mol. The van der Waals surface area contributed by atoms with Gasteiger partial charge in [0, 0.05) is 28.4 Å². The van der Waals surface area contributed by atoms with E-state index in [0.29, 0.717) is 11.8 Å². The third-order valence-electron chi connectivity index (χ3n) is 14.5. The van der Waals surface area contributed by atoms with E-state index in [9.17, 15) is 0 Å². The van der Waals surface area contributed by atoms with Gasteiger partial charge in [0.15, 0.2) is 0 Å². The van der Waals surface area contributed by atoms with Gasteiger partial charge in [0.1, 0.15) is 0 Å². The standard InChI is InChI=1S/C65H65BN2/c1-12-48-37-58(67-64(48)56-27-20-51(21-28-56)50-15-14-16-54(24-17-50)60-42(6)31-39(3)32-43(60)7)63(62-46(10)35-41(5)36-47(62)11)59-38-49(13-2)65(68(59)66)57-29-22-53(23-30-57)52-18-25-55(26-19-52)61-44(8)33-40(4)34-45(61)9/h14,16-38,44,61H,12-13,15H2,1-11H3/b63-58+. The van der Waals surface area contributed by atoms with Crippen LogP contribution >= 0.6 is 0 Å². The summed E-state index contributed by atoms with van der Waals surface area (Å²) in [6.45, 7) is 24.5. The van der Waals surface area contributed by atoms with E-state index in [1.807, 2.05) is 4.48 Å². The Morgan fingerprint density at radius 1 is 0.647 bits per heavy atom. The summed E-state index contributed by atoms with van der Waals surface area (Å²) in [7, 11) is 7.38. The van der Waals surface area contributed by atoms with Crippen LogP contribution in [0.15, 0.2) is 173 Å². The number of hydrogen-bond donors (Lipinski definition) is 0. The molecule has 68 heavy (non-hydrogen) atoms. The summed E-state index contributed by atoms with van der Waals surface area (Å²) in [6, 6.07) is 38.6. The van der Waals surface area contributed by atoms with Crippen molar-refractivity contribution >= 4 is 30.4 Å². The Morgan fingerprint density at radius 3 is 1.82 bits per heavy atom. The predicted molar refractivity (Wildman–Crippen MR) is 294 cm³/mol. The molecule has 0 amide bonds. The Kier molecular flexibility index (Phi) is 13.0. The summed E-state index contributed by atoms with van der Waals surface area (Å²) >= 11 is 0. The molecule has 3 heteroatoms. The maximum absolute atomic E-state index is 7.38. The van der Waals surface area contributed by atoms with Crippen molar-refractivity contribution < 1.29 is 0 Å². The van der Waals surface area contributed by atoms with E-state index in [1.165, 1.54) is 100 Å². The van der Waals surface area contributed by atoms with Gasteiger partial charge >= 0.3 is 0 Å². The summed E-state index contributed by atoms with van der Waals surface area (Å²) in [4.78, 5) is 5.56. The summed E-state index contributed by atoms with van der Waals surface area (Å²) in [6.07, 6.45) is 18.8. The summed E-state index contributed by atoms with van der Waals surface area (Å²) < 4.78 is 1.93. The lowest BCUT2D eigenvalue weighted by molar-refractivity contribution is 0.601. The van der Waals surface area contributed by atoms with Crippen molar-refractivity contribution in [2.24, 2.45) is 10.9 Å². The molecular formula is C65H65BN2. The number of benzene rings is 5. The van der Waals surface area contributed by atoms with Gasteiger partial charge in [-0.3, -0.25) is 0 Å². The maximum Gasteiger partial charge on any atom is 0.234 e. The van der Waals surface area contributed by atoms with Gasteiger partial charge < -0.3 is 4.48 Å². The van der Waals surface area contributed by atoms with E-state index in [0.717, 1.165) is 58.8 Å².